The summed E-state index contributed by atoms with van der Waals surface area (Å²) >= 11 is 6.40. The number of aromatic nitrogens is 2. The average Bonchev–Trinajstić information content (AvgIpc) is 3.06. The number of para-hydroxylation sites is 1. The number of hydrogen-bond donors (Lipinski definition) is 2. The summed E-state index contributed by atoms with van der Waals surface area (Å²) in [4.78, 5) is 12.6. The second-order valence-electron chi connectivity index (χ2n) is 6.43. The minimum Gasteiger partial charge on any atom is -0.504 e. The molecule has 0 bridgehead atoms. The van der Waals surface area contributed by atoms with E-state index in [-0.39, 0.29) is 5.69 Å². The van der Waals surface area contributed by atoms with E-state index in [1.807, 2.05) is 24.3 Å². The van der Waals surface area contributed by atoms with Gasteiger partial charge in [-0.1, -0.05) is 48.0 Å². The zero-order valence-electron chi connectivity index (χ0n) is 15.3. The number of amides is 1. The van der Waals surface area contributed by atoms with Crippen LogP contribution in [0.5, 0.6) is 0 Å². The first kappa shape index (κ1) is 18.5. The van der Waals surface area contributed by atoms with Crippen molar-refractivity contribution in [2.45, 2.75) is 0 Å². The Morgan fingerprint density at radius 2 is 1.90 bits per heavy atom. The quantitative estimate of drug-likeness (QED) is 0.292. The van der Waals surface area contributed by atoms with Gasteiger partial charge in [-0.2, -0.15) is 10.4 Å². The molecule has 1 amide bonds. The van der Waals surface area contributed by atoms with Crippen LogP contribution in [-0.4, -0.2) is 20.8 Å². The van der Waals surface area contributed by atoms with Gasteiger partial charge in [-0.15, -0.1) is 0 Å². The van der Waals surface area contributed by atoms with Gasteiger partial charge in [-0.25, -0.2) is 0 Å². The van der Waals surface area contributed by atoms with Gasteiger partial charge in [0, 0.05) is 23.5 Å². The molecule has 0 saturated carbocycles. The summed E-state index contributed by atoms with van der Waals surface area (Å²) in [6.07, 6.45) is 0. The smallest absolute Gasteiger partial charge is 0.270 e. The van der Waals surface area contributed by atoms with Crippen LogP contribution in [-0.2, 0) is 11.8 Å². The van der Waals surface area contributed by atoms with Crippen LogP contribution in [0, 0.1) is 11.3 Å². The highest BCUT2D eigenvalue weighted by molar-refractivity contribution is 6.37. The van der Waals surface area contributed by atoms with Crippen molar-refractivity contribution in [1.82, 2.24) is 9.78 Å². The molecule has 0 aliphatic rings. The third kappa shape index (κ3) is 3.18. The van der Waals surface area contributed by atoms with Crippen molar-refractivity contribution in [2.75, 3.05) is 5.32 Å². The molecule has 1 heterocycles. The monoisotopic (exact) mass is 402 g/mol. The highest BCUT2D eigenvalue weighted by Crippen LogP contribution is 2.34. The maximum atomic E-state index is 12.6. The van der Waals surface area contributed by atoms with Gasteiger partial charge in [-0.3, -0.25) is 9.48 Å². The first-order valence-electron chi connectivity index (χ1n) is 8.75. The van der Waals surface area contributed by atoms with Gasteiger partial charge in [0.05, 0.1) is 10.5 Å². The number of carbonyl (C=O) groups is 1. The summed E-state index contributed by atoms with van der Waals surface area (Å²) < 4.78 is 1.58. The summed E-state index contributed by atoms with van der Waals surface area (Å²) in [7, 11) is 1.72. The van der Waals surface area contributed by atoms with Crippen molar-refractivity contribution >= 4 is 50.6 Å². The number of aryl methyl sites for hydroxylation is 1. The number of nitrogens with one attached hydrogen (secondary N) is 1. The van der Waals surface area contributed by atoms with Crippen LogP contribution >= 0.6 is 11.6 Å². The molecule has 0 fully saturated rings. The van der Waals surface area contributed by atoms with E-state index >= 15 is 0 Å². The lowest BCUT2D eigenvalue weighted by atomic mass is 10.0. The molecule has 0 saturated heterocycles. The number of hydrogen-bond acceptors (Lipinski definition) is 4. The molecule has 2 N–H and O–H groups in total. The van der Waals surface area contributed by atoms with Crippen molar-refractivity contribution in [1.29, 1.82) is 5.26 Å². The van der Waals surface area contributed by atoms with Crippen LogP contribution in [0.1, 0.15) is 5.69 Å². The number of fused-ring (bicyclic) bond motifs is 3. The lowest BCUT2D eigenvalue weighted by Gasteiger charge is -2.06. The predicted molar refractivity (Wildman–Crippen MR) is 113 cm³/mol. The molecule has 7 heteroatoms. The highest BCUT2D eigenvalue weighted by atomic mass is 35.5. The fraction of sp³-hybridized carbons (Fsp3) is 0.0455. The molecule has 1 aromatic heterocycles. The van der Waals surface area contributed by atoms with Gasteiger partial charge in [0.1, 0.15) is 11.8 Å². The summed E-state index contributed by atoms with van der Waals surface area (Å²) in [6.45, 7) is 0. The molecular weight excluding hydrogens is 388 g/mol. The summed E-state index contributed by atoms with van der Waals surface area (Å²) in [6, 6.07) is 19.7. The Morgan fingerprint density at radius 3 is 2.62 bits per heavy atom. The van der Waals surface area contributed by atoms with Crippen LogP contribution in [0.15, 0.2) is 66.2 Å². The number of anilines is 1. The van der Waals surface area contributed by atoms with Gasteiger partial charge in [0.15, 0.2) is 11.3 Å². The van der Waals surface area contributed by atoms with Crippen LogP contribution in [0.4, 0.5) is 5.69 Å². The first-order chi connectivity index (χ1) is 14.0. The van der Waals surface area contributed by atoms with Gasteiger partial charge < -0.3 is 10.4 Å². The minimum absolute atomic E-state index is 0.143. The van der Waals surface area contributed by atoms with Crippen LogP contribution in [0.25, 0.3) is 27.4 Å². The number of aliphatic hydroxyl groups is 1. The normalized spacial score (nSPS) is 11.9. The Hall–Kier alpha value is -3.82. The second kappa shape index (κ2) is 7.30. The van der Waals surface area contributed by atoms with E-state index in [1.54, 1.807) is 54.2 Å². The number of benzene rings is 3. The summed E-state index contributed by atoms with van der Waals surface area (Å²) in [5.41, 5.74) is 0.939. The van der Waals surface area contributed by atoms with Gasteiger partial charge in [-0.05, 0) is 29.7 Å². The standard InChI is InChI=1S/C22H15ClN4O2/c1-27-20-15(11-10-13-6-5-9-17(23)18(13)20)19(26-27)21(28)16(12-24)22(29)25-14-7-3-2-4-8-14/h2-11,28H,1H3,(H,25,29)/b21-16-. The Kier molecular flexibility index (Phi) is 4.67. The lowest BCUT2D eigenvalue weighted by molar-refractivity contribution is -0.112. The SMILES string of the molecule is Cn1nc(/C(O)=C(\C#N)C(=O)Nc2ccccc2)c2ccc3cccc(Cl)c3c21. The van der Waals surface area contributed by atoms with E-state index in [0.29, 0.717) is 21.6 Å². The van der Waals surface area contributed by atoms with Gasteiger partial charge >= 0.3 is 0 Å². The molecule has 29 heavy (non-hydrogen) atoms. The number of carbonyl (C=O) groups excluding carboxylic acids is 1. The second-order valence-corrected chi connectivity index (χ2v) is 6.83. The van der Waals surface area contributed by atoms with E-state index in [4.69, 9.17) is 11.6 Å². The topological polar surface area (TPSA) is 90.9 Å². The number of halogens is 1. The molecule has 4 aromatic rings. The lowest BCUT2D eigenvalue weighted by Crippen LogP contribution is -2.15. The van der Waals surface area contributed by atoms with E-state index in [2.05, 4.69) is 10.4 Å². The van der Waals surface area contributed by atoms with Crippen LogP contribution in [0.2, 0.25) is 5.02 Å². The fourth-order valence-corrected chi connectivity index (χ4v) is 3.59. The molecule has 0 unspecified atom stereocenters. The Bertz CT molecular complexity index is 1330. The number of nitriles is 1. The van der Waals surface area contributed by atoms with E-state index in [1.165, 1.54) is 0 Å². The number of aliphatic hydroxyl groups excluding tert-OH is 1. The Labute approximate surface area is 171 Å². The van der Waals surface area contributed by atoms with Gasteiger partial charge in [0.25, 0.3) is 5.91 Å². The molecule has 0 spiro atoms. The molecule has 0 atom stereocenters. The van der Waals surface area contributed by atoms with E-state index in [9.17, 15) is 15.2 Å². The maximum absolute atomic E-state index is 12.6. The molecule has 0 aliphatic heterocycles. The molecular formula is C22H15ClN4O2. The Morgan fingerprint density at radius 1 is 1.14 bits per heavy atom. The summed E-state index contributed by atoms with van der Waals surface area (Å²) in [5, 5.41) is 30.1. The van der Waals surface area contributed by atoms with E-state index in [0.717, 1.165) is 10.8 Å². The molecule has 142 valence electrons. The zero-order valence-corrected chi connectivity index (χ0v) is 16.1. The average molecular weight is 403 g/mol. The number of rotatable bonds is 3. The summed E-state index contributed by atoms with van der Waals surface area (Å²) in [5.74, 6) is -1.20. The molecule has 3 aromatic carbocycles. The van der Waals surface area contributed by atoms with Crippen molar-refractivity contribution in [3.63, 3.8) is 0 Å². The third-order valence-corrected chi connectivity index (χ3v) is 4.94. The molecule has 0 radical (unpaired) electrons. The molecule has 4 rings (SSSR count). The third-order valence-electron chi connectivity index (χ3n) is 4.63. The first-order valence-corrected chi connectivity index (χ1v) is 9.13. The van der Waals surface area contributed by atoms with Crippen molar-refractivity contribution < 1.29 is 9.90 Å². The predicted octanol–water partition coefficient (Wildman–Crippen LogP) is 4.81. The van der Waals surface area contributed by atoms with Crippen LogP contribution in [0.3, 0.4) is 0 Å². The van der Waals surface area contributed by atoms with Crippen LogP contribution < -0.4 is 5.32 Å². The van der Waals surface area contributed by atoms with Gasteiger partial charge in [0.2, 0.25) is 0 Å². The van der Waals surface area contributed by atoms with Crippen molar-refractivity contribution in [3.8, 4) is 6.07 Å². The minimum atomic E-state index is -0.714. The Balaban J connectivity index is 1.87. The van der Waals surface area contributed by atoms with Crippen molar-refractivity contribution in [3.05, 3.63) is 77.0 Å². The fourth-order valence-electron chi connectivity index (χ4n) is 3.32. The largest absolute Gasteiger partial charge is 0.504 e. The zero-order chi connectivity index (χ0) is 20.5. The van der Waals surface area contributed by atoms with Crippen molar-refractivity contribution in [2.24, 2.45) is 7.05 Å². The molecule has 6 nitrogen and oxygen atoms in total. The maximum Gasteiger partial charge on any atom is 0.270 e. The highest BCUT2D eigenvalue weighted by Gasteiger charge is 2.22. The number of nitrogens with zero attached hydrogens (tertiary/aromatic N) is 3. The van der Waals surface area contributed by atoms with E-state index < -0.39 is 17.2 Å². The molecule has 0 aliphatic carbocycles.